The first-order chi connectivity index (χ1) is 19.7. The number of hydrogen-bond donors (Lipinski definition) is 0. The van der Waals surface area contributed by atoms with Crippen molar-refractivity contribution in [2.75, 3.05) is 4.90 Å². The number of nitrogens with zero attached hydrogens (tertiary/aromatic N) is 1. The zero-order valence-corrected chi connectivity index (χ0v) is 23.1. The van der Waals surface area contributed by atoms with E-state index in [-0.39, 0.29) is 12.0 Å². The van der Waals surface area contributed by atoms with E-state index in [1.165, 1.54) is 16.7 Å². The summed E-state index contributed by atoms with van der Waals surface area (Å²) in [5.74, 6) is 1.05. The minimum absolute atomic E-state index is 0.133. The second-order valence-corrected chi connectivity index (χ2v) is 11.1. The van der Waals surface area contributed by atoms with Gasteiger partial charge >= 0.3 is 0 Å². The Balaban J connectivity index is 1.27. The number of furan rings is 1. The molecule has 0 fully saturated rings. The third-order valence-electron chi connectivity index (χ3n) is 7.92. The third kappa shape index (κ3) is 3.71. The van der Waals surface area contributed by atoms with E-state index in [0.29, 0.717) is 0 Å². The Hall–Kier alpha value is -4.54. The number of halogens is 1. The van der Waals surface area contributed by atoms with Crippen LogP contribution >= 0.6 is 15.9 Å². The molecule has 1 aliphatic carbocycles. The van der Waals surface area contributed by atoms with Crippen LogP contribution in [-0.4, -0.2) is 6.10 Å². The van der Waals surface area contributed by atoms with Crippen LogP contribution in [0.2, 0.25) is 0 Å². The average molecular weight is 582 g/mol. The highest BCUT2D eigenvalue weighted by Crippen LogP contribution is 2.49. The van der Waals surface area contributed by atoms with Crippen LogP contribution in [-0.2, 0) is 0 Å². The first kappa shape index (κ1) is 23.4. The minimum Gasteiger partial charge on any atom is -0.482 e. The number of ether oxygens (including phenoxy) is 1. The second-order valence-electron chi connectivity index (χ2n) is 10.2. The highest BCUT2D eigenvalue weighted by Gasteiger charge is 2.40. The van der Waals surface area contributed by atoms with Crippen LogP contribution in [0.25, 0.3) is 33.1 Å². The Morgan fingerprint density at radius 2 is 1.40 bits per heavy atom. The number of benzene rings is 5. The van der Waals surface area contributed by atoms with Crippen LogP contribution in [0.5, 0.6) is 5.75 Å². The Kier molecular flexibility index (Phi) is 5.42. The van der Waals surface area contributed by atoms with Crippen LogP contribution in [0.15, 0.2) is 148 Å². The lowest BCUT2D eigenvalue weighted by atomic mass is 9.89. The molecule has 2 heterocycles. The third-order valence-corrected chi connectivity index (χ3v) is 8.54. The number of allylic oxidation sites excluding steroid dienone is 2. The molecule has 1 aliphatic heterocycles. The molecule has 3 nitrogen and oxygen atoms in total. The number of anilines is 2. The normalized spacial score (nSPS) is 17.4. The number of para-hydroxylation sites is 2. The molecule has 0 saturated carbocycles. The molecule has 0 N–H and O–H groups in total. The van der Waals surface area contributed by atoms with Crippen molar-refractivity contribution in [3.8, 4) is 16.9 Å². The van der Waals surface area contributed by atoms with Gasteiger partial charge in [-0.1, -0.05) is 84.9 Å². The van der Waals surface area contributed by atoms with Crippen molar-refractivity contribution in [3.05, 3.63) is 149 Å². The first-order valence-electron chi connectivity index (χ1n) is 13.4. The molecule has 1 aromatic heterocycles. The van der Waals surface area contributed by atoms with Gasteiger partial charge in [0.25, 0.3) is 0 Å². The fraction of sp³-hybridized carbons (Fsp3) is 0.0556. The van der Waals surface area contributed by atoms with Crippen LogP contribution in [0.1, 0.15) is 11.5 Å². The molecule has 2 atom stereocenters. The monoisotopic (exact) mass is 581 g/mol. The van der Waals surface area contributed by atoms with E-state index in [1.54, 1.807) is 0 Å². The molecule has 0 amide bonds. The minimum atomic E-state index is -0.154. The Bertz CT molecular complexity index is 1950. The molecule has 4 heteroatoms. The van der Waals surface area contributed by atoms with Gasteiger partial charge in [0.15, 0.2) is 0 Å². The van der Waals surface area contributed by atoms with Crippen molar-refractivity contribution in [3.63, 3.8) is 0 Å². The fourth-order valence-electron chi connectivity index (χ4n) is 6.03. The topological polar surface area (TPSA) is 25.6 Å². The molecule has 0 bridgehead atoms. The van der Waals surface area contributed by atoms with E-state index in [0.717, 1.165) is 49.2 Å². The lowest BCUT2D eigenvalue weighted by Gasteiger charge is -2.34. The molecule has 2 unspecified atom stereocenters. The van der Waals surface area contributed by atoms with Crippen molar-refractivity contribution in [1.29, 1.82) is 0 Å². The van der Waals surface area contributed by atoms with E-state index in [4.69, 9.17) is 9.15 Å². The molecule has 0 spiro atoms. The van der Waals surface area contributed by atoms with Gasteiger partial charge in [0, 0.05) is 39.7 Å². The summed E-state index contributed by atoms with van der Waals surface area (Å²) in [6, 6.07) is 40.2. The maximum atomic E-state index is 6.68. The van der Waals surface area contributed by atoms with Gasteiger partial charge < -0.3 is 14.1 Å². The van der Waals surface area contributed by atoms with E-state index in [2.05, 4.69) is 130 Å². The number of fused-ring (bicyclic) bond motifs is 6. The Labute approximate surface area is 240 Å². The van der Waals surface area contributed by atoms with Crippen molar-refractivity contribution >= 4 is 49.2 Å². The molecule has 192 valence electrons. The Morgan fingerprint density at radius 3 is 2.27 bits per heavy atom. The molecule has 8 rings (SSSR count). The highest BCUT2D eigenvalue weighted by atomic mass is 79.9. The average Bonchev–Trinajstić information content (AvgIpc) is 3.58. The molecular formula is C36H24BrNO2. The summed E-state index contributed by atoms with van der Waals surface area (Å²) in [5, 5.41) is 2.24. The summed E-state index contributed by atoms with van der Waals surface area (Å²) < 4.78 is 14.0. The predicted molar refractivity (Wildman–Crippen MR) is 166 cm³/mol. The maximum Gasteiger partial charge on any atom is 0.149 e. The lowest BCUT2D eigenvalue weighted by Crippen LogP contribution is -2.32. The number of hydrogen-bond acceptors (Lipinski definition) is 3. The van der Waals surface area contributed by atoms with Crippen molar-refractivity contribution in [2.24, 2.45) is 0 Å². The fourth-order valence-corrected chi connectivity index (χ4v) is 6.50. The standard InChI is InChI=1S/C36H24BrNO2/c37-31-13-6-11-29-30-12-7-14-32(36(30)40-35(29)31)38(25-18-16-24(17-19-25)23-8-2-1-3-9-23)26-20-21-28-27-10-4-5-15-33(27)39-34(28)22-26/h1-22,30,36H. The summed E-state index contributed by atoms with van der Waals surface area (Å²) in [4.78, 5) is 2.31. The largest absolute Gasteiger partial charge is 0.482 e. The van der Waals surface area contributed by atoms with Gasteiger partial charge in [-0.25, -0.2) is 0 Å². The zero-order valence-electron chi connectivity index (χ0n) is 21.5. The second kappa shape index (κ2) is 9.29. The summed E-state index contributed by atoms with van der Waals surface area (Å²) >= 11 is 3.71. The summed E-state index contributed by atoms with van der Waals surface area (Å²) in [7, 11) is 0. The van der Waals surface area contributed by atoms with Crippen LogP contribution in [0.3, 0.4) is 0 Å². The van der Waals surface area contributed by atoms with Gasteiger partial charge in [-0.3, -0.25) is 0 Å². The van der Waals surface area contributed by atoms with Gasteiger partial charge in [0.1, 0.15) is 23.0 Å². The molecule has 5 aromatic carbocycles. The molecule has 0 radical (unpaired) electrons. The summed E-state index contributed by atoms with van der Waals surface area (Å²) in [6.45, 7) is 0. The zero-order chi connectivity index (χ0) is 26.6. The SMILES string of the molecule is Brc1cccc2c1OC1C(N(c3ccc(-c4ccccc4)cc3)c3ccc4c(c3)oc3ccccc34)=CC=CC21. The van der Waals surface area contributed by atoms with E-state index in [1.807, 2.05) is 24.3 Å². The summed E-state index contributed by atoms with van der Waals surface area (Å²) in [5.41, 5.74) is 8.52. The smallest absolute Gasteiger partial charge is 0.149 e. The van der Waals surface area contributed by atoms with Gasteiger partial charge in [-0.05, 0) is 69.5 Å². The molecule has 40 heavy (non-hydrogen) atoms. The number of rotatable bonds is 4. The van der Waals surface area contributed by atoms with Crippen molar-refractivity contribution < 1.29 is 9.15 Å². The summed E-state index contributed by atoms with van der Waals surface area (Å²) in [6.07, 6.45) is 6.42. The Morgan fingerprint density at radius 1 is 0.650 bits per heavy atom. The molecule has 6 aromatic rings. The van der Waals surface area contributed by atoms with E-state index in [9.17, 15) is 0 Å². The van der Waals surface area contributed by atoms with Gasteiger partial charge in [0.2, 0.25) is 0 Å². The van der Waals surface area contributed by atoms with Gasteiger partial charge in [-0.15, -0.1) is 0 Å². The molecule has 0 saturated heterocycles. The van der Waals surface area contributed by atoms with E-state index >= 15 is 0 Å². The lowest BCUT2D eigenvalue weighted by molar-refractivity contribution is 0.252. The van der Waals surface area contributed by atoms with Gasteiger partial charge in [-0.2, -0.15) is 0 Å². The van der Waals surface area contributed by atoms with Crippen molar-refractivity contribution in [1.82, 2.24) is 0 Å². The predicted octanol–water partition coefficient (Wildman–Crippen LogP) is 10.2. The maximum absolute atomic E-state index is 6.68. The molecule has 2 aliphatic rings. The van der Waals surface area contributed by atoms with Crippen molar-refractivity contribution in [2.45, 2.75) is 12.0 Å². The van der Waals surface area contributed by atoms with Gasteiger partial charge in [0.05, 0.1) is 10.2 Å². The van der Waals surface area contributed by atoms with Crippen LogP contribution < -0.4 is 9.64 Å². The highest BCUT2D eigenvalue weighted by molar-refractivity contribution is 9.10. The van der Waals surface area contributed by atoms with E-state index < -0.39 is 0 Å². The molecular weight excluding hydrogens is 558 g/mol. The first-order valence-corrected chi connectivity index (χ1v) is 14.2. The quantitative estimate of drug-likeness (QED) is 0.207. The van der Waals surface area contributed by atoms with Crippen LogP contribution in [0, 0.1) is 0 Å². The van der Waals surface area contributed by atoms with Crippen LogP contribution in [0.4, 0.5) is 11.4 Å².